The minimum absolute atomic E-state index is 0.107. The molecule has 0 radical (unpaired) electrons. The number of thiocarbonyl (C=S) groups is 1. The predicted molar refractivity (Wildman–Crippen MR) is 113 cm³/mol. The fourth-order valence-electron chi connectivity index (χ4n) is 2.59. The van der Waals surface area contributed by atoms with Crippen LogP contribution >= 0.6 is 23.6 Å². The van der Waals surface area contributed by atoms with E-state index in [-0.39, 0.29) is 5.76 Å². The largest absolute Gasteiger partial charge is 0.867 e. The summed E-state index contributed by atoms with van der Waals surface area (Å²) >= 11 is 7.00. The van der Waals surface area contributed by atoms with Crippen molar-refractivity contribution in [2.75, 3.05) is 11.9 Å². The molecular weight excluding hydrogens is 376 g/mol. The van der Waals surface area contributed by atoms with E-state index in [9.17, 15) is 5.11 Å². The molecule has 0 unspecified atom stereocenters. The Hall–Kier alpha value is -2.70. The summed E-state index contributed by atoms with van der Waals surface area (Å²) in [5.41, 5.74) is 2.26. The zero-order valence-electron chi connectivity index (χ0n) is 15.1. The Morgan fingerprint density at radius 3 is 2.59 bits per heavy atom. The van der Waals surface area contributed by atoms with Crippen molar-refractivity contribution in [2.24, 2.45) is 0 Å². The molecule has 0 saturated carbocycles. The van der Waals surface area contributed by atoms with Gasteiger partial charge in [0, 0.05) is 22.2 Å². The van der Waals surface area contributed by atoms with E-state index in [0.29, 0.717) is 22.2 Å². The number of anilines is 1. The van der Waals surface area contributed by atoms with E-state index >= 15 is 0 Å². The van der Waals surface area contributed by atoms with Crippen LogP contribution in [0.4, 0.5) is 5.69 Å². The van der Waals surface area contributed by atoms with E-state index in [1.54, 1.807) is 4.57 Å². The van der Waals surface area contributed by atoms with Gasteiger partial charge in [0.25, 0.3) is 0 Å². The number of hydrogen-bond acceptors (Lipinski definition) is 4. The number of hydrogen-bond donors (Lipinski definition) is 1. The van der Waals surface area contributed by atoms with E-state index < -0.39 is 0 Å². The fourth-order valence-corrected chi connectivity index (χ4v) is 3.57. The summed E-state index contributed by atoms with van der Waals surface area (Å²) in [6, 6.07) is 15.0. The zero-order chi connectivity index (χ0) is 19.2. The molecule has 0 aliphatic rings. The van der Waals surface area contributed by atoms with Gasteiger partial charge in [-0.05, 0) is 61.4 Å². The van der Waals surface area contributed by atoms with E-state index in [4.69, 9.17) is 17.0 Å². The van der Waals surface area contributed by atoms with Crippen LogP contribution in [0.1, 0.15) is 17.4 Å². The molecule has 0 fully saturated rings. The monoisotopic (exact) mass is 396 g/mol. The molecule has 2 heterocycles. The molecule has 2 aromatic heterocycles. The molecule has 0 amide bonds. The van der Waals surface area contributed by atoms with E-state index in [1.165, 1.54) is 11.3 Å². The lowest BCUT2D eigenvalue weighted by Crippen LogP contribution is -2.40. The molecule has 3 rings (SSSR count). The molecule has 138 valence electrons. The van der Waals surface area contributed by atoms with Gasteiger partial charge >= 0.3 is 0 Å². The summed E-state index contributed by atoms with van der Waals surface area (Å²) in [6.07, 6.45) is 3.73. The molecule has 6 heteroatoms. The third kappa shape index (κ3) is 4.72. The summed E-state index contributed by atoms with van der Waals surface area (Å²) in [6.45, 7) is 4.53. The van der Waals surface area contributed by atoms with Gasteiger partial charge in [-0.1, -0.05) is 18.3 Å². The van der Waals surface area contributed by atoms with Gasteiger partial charge in [-0.2, -0.15) is 4.57 Å². The number of pyridine rings is 1. The van der Waals surface area contributed by atoms with Crippen molar-refractivity contribution in [1.82, 2.24) is 0 Å². The number of aromatic nitrogens is 1. The first-order chi connectivity index (χ1) is 13.1. The number of nitrogens with zero attached hydrogens (tertiary/aromatic N) is 1. The Balaban J connectivity index is 1.95. The summed E-state index contributed by atoms with van der Waals surface area (Å²) in [4.78, 5) is 1.02. The third-order valence-corrected chi connectivity index (χ3v) is 4.97. The first-order valence-corrected chi connectivity index (χ1v) is 9.85. The number of aryl methyl sites for hydroxylation is 1. The first-order valence-electron chi connectivity index (χ1n) is 8.56. The Labute approximate surface area is 168 Å². The lowest BCUT2D eigenvalue weighted by Gasteiger charge is -2.16. The highest BCUT2D eigenvalue weighted by Gasteiger charge is 2.19. The molecule has 0 aliphatic carbocycles. The summed E-state index contributed by atoms with van der Waals surface area (Å²) < 4.78 is 7.24. The van der Waals surface area contributed by atoms with Crippen LogP contribution in [-0.2, 0) is 0 Å². The molecule has 0 spiro atoms. The van der Waals surface area contributed by atoms with Crippen LogP contribution < -0.4 is 19.7 Å². The maximum atomic E-state index is 13.1. The molecular formula is C21H20N2O2S2. The molecule has 1 aromatic carbocycles. The quantitative estimate of drug-likeness (QED) is 0.297. The standard InChI is InChI=1S/C21H20N2O2S2/c1-3-25-17-10-8-16(9-11-17)22-21(26)19(20(24)18-7-5-13-27-18)23-12-4-6-15(2)14-23/h4-14H,3H2,1-2H3,(H-,22,24,26). The average molecular weight is 397 g/mol. The fraction of sp³-hybridized carbons (Fsp3) is 0.143. The van der Waals surface area contributed by atoms with Crippen LogP contribution in [0.2, 0.25) is 0 Å². The molecule has 3 aromatic rings. The molecule has 0 bridgehead atoms. The SMILES string of the molecule is CCOc1ccc(NC(=S)C(=C([O-])c2cccs2)[n+]2cccc(C)c2)cc1. The third-order valence-electron chi connectivity index (χ3n) is 3.81. The Morgan fingerprint density at radius 1 is 1.19 bits per heavy atom. The van der Waals surface area contributed by atoms with Gasteiger partial charge in [0.15, 0.2) is 17.4 Å². The maximum Gasteiger partial charge on any atom is 0.239 e. The second kappa shape index (κ2) is 8.79. The summed E-state index contributed by atoms with van der Waals surface area (Å²) in [5, 5.41) is 18.2. The zero-order valence-corrected chi connectivity index (χ0v) is 16.8. The predicted octanol–water partition coefficient (Wildman–Crippen LogP) is 3.87. The number of ether oxygens (including phenoxy) is 1. The highest BCUT2D eigenvalue weighted by atomic mass is 32.1. The molecule has 27 heavy (non-hydrogen) atoms. The number of thiophene rings is 1. The van der Waals surface area contributed by atoms with Crippen molar-refractivity contribution < 1.29 is 14.4 Å². The molecule has 0 saturated heterocycles. The molecule has 4 nitrogen and oxygen atoms in total. The van der Waals surface area contributed by atoms with Crippen LogP contribution in [0, 0.1) is 6.92 Å². The second-order valence-corrected chi connectivity index (χ2v) is 7.21. The van der Waals surface area contributed by atoms with Gasteiger partial charge in [0.1, 0.15) is 5.75 Å². The normalized spacial score (nSPS) is 11.6. The highest BCUT2D eigenvalue weighted by molar-refractivity contribution is 7.81. The Kier molecular flexibility index (Phi) is 6.21. The van der Waals surface area contributed by atoms with Crippen LogP contribution in [0.15, 0.2) is 66.3 Å². The van der Waals surface area contributed by atoms with Crippen LogP contribution in [-0.4, -0.2) is 11.6 Å². The lowest BCUT2D eigenvalue weighted by atomic mass is 10.2. The minimum atomic E-state index is -0.107. The number of benzene rings is 1. The van der Waals surface area contributed by atoms with Crippen LogP contribution in [0.3, 0.4) is 0 Å². The topological polar surface area (TPSA) is 48.2 Å². The lowest BCUT2D eigenvalue weighted by molar-refractivity contribution is -0.578. The van der Waals surface area contributed by atoms with E-state index in [1.807, 2.05) is 80.2 Å². The Bertz CT molecular complexity index is 949. The van der Waals surface area contributed by atoms with Crippen molar-refractivity contribution in [3.63, 3.8) is 0 Å². The van der Waals surface area contributed by atoms with Gasteiger partial charge in [0.05, 0.1) is 6.61 Å². The van der Waals surface area contributed by atoms with E-state index in [2.05, 4.69) is 5.32 Å². The second-order valence-electron chi connectivity index (χ2n) is 5.86. The van der Waals surface area contributed by atoms with Crippen molar-refractivity contribution >= 4 is 45.7 Å². The van der Waals surface area contributed by atoms with E-state index in [0.717, 1.165) is 17.0 Å². The summed E-state index contributed by atoms with van der Waals surface area (Å²) in [5.74, 6) is 0.685. The smallest absolute Gasteiger partial charge is 0.239 e. The van der Waals surface area contributed by atoms with Crippen molar-refractivity contribution in [1.29, 1.82) is 0 Å². The van der Waals surface area contributed by atoms with Gasteiger partial charge < -0.3 is 15.2 Å². The van der Waals surface area contributed by atoms with Crippen LogP contribution in [0.25, 0.3) is 11.5 Å². The van der Waals surface area contributed by atoms with Crippen molar-refractivity contribution in [3.05, 3.63) is 76.7 Å². The molecule has 1 N–H and O–H groups in total. The van der Waals surface area contributed by atoms with Gasteiger partial charge in [-0.25, -0.2) is 0 Å². The van der Waals surface area contributed by atoms with Crippen LogP contribution in [0.5, 0.6) is 5.75 Å². The van der Waals surface area contributed by atoms with Gasteiger partial charge in [-0.15, -0.1) is 11.3 Å². The average Bonchev–Trinajstić information content (AvgIpc) is 3.18. The summed E-state index contributed by atoms with van der Waals surface area (Å²) in [7, 11) is 0. The molecule has 0 atom stereocenters. The Morgan fingerprint density at radius 2 is 1.96 bits per heavy atom. The van der Waals surface area contributed by atoms with Gasteiger partial charge in [0.2, 0.25) is 5.70 Å². The maximum absolute atomic E-state index is 13.1. The van der Waals surface area contributed by atoms with Crippen molar-refractivity contribution in [3.8, 4) is 5.75 Å². The number of rotatable bonds is 6. The number of nitrogens with one attached hydrogen (secondary N) is 1. The first kappa shape index (κ1) is 19.1. The highest BCUT2D eigenvalue weighted by Crippen LogP contribution is 2.22. The minimum Gasteiger partial charge on any atom is -0.867 e. The molecule has 0 aliphatic heterocycles. The van der Waals surface area contributed by atoms with Crippen molar-refractivity contribution in [2.45, 2.75) is 13.8 Å². The van der Waals surface area contributed by atoms with Gasteiger partial charge in [-0.3, -0.25) is 0 Å².